The molecule has 0 amide bonds. The Kier molecular flexibility index (Phi) is 4.55. The molecule has 0 aromatic carbocycles. The molecule has 0 aliphatic carbocycles. The molecule has 1 aliphatic heterocycles. The smallest absolute Gasteiger partial charge is 0.151 e. The van der Waals surface area contributed by atoms with E-state index in [0.29, 0.717) is 17.8 Å². The molecule has 1 aromatic heterocycles. The molecule has 6 heteroatoms. The maximum atomic E-state index is 8.98. The lowest BCUT2D eigenvalue weighted by molar-refractivity contribution is 0.204. The number of pyridine rings is 1. The summed E-state index contributed by atoms with van der Waals surface area (Å²) in [6, 6.07) is 3.70. The zero-order valence-electron chi connectivity index (χ0n) is 10.9. The molecule has 0 saturated carbocycles. The molecule has 0 spiro atoms. The molecule has 2 rings (SSSR count). The first-order valence-corrected chi connectivity index (χ1v) is 6.48. The number of anilines is 2. The van der Waals surface area contributed by atoms with Gasteiger partial charge in [-0.05, 0) is 19.0 Å². The van der Waals surface area contributed by atoms with E-state index in [1.54, 1.807) is 12.3 Å². The highest BCUT2D eigenvalue weighted by molar-refractivity contribution is 5.64. The van der Waals surface area contributed by atoms with Crippen LogP contribution in [0, 0.1) is 11.3 Å². The fourth-order valence-corrected chi connectivity index (χ4v) is 2.35. The first-order valence-electron chi connectivity index (χ1n) is 6.48. The first-order chi connectivity index (χ1) is 9.24. The van der Waals surface area contributed by atoms with Crippen LogP contribution < -0.4 is 10.6 Å². The van der Waals surface area contributed by atoms with Crippen molar-refractivity contribution in [2.45, 2.75) is 6.42 Å². The van der Waals surface area contributed by atoms with Crippen molar-refractivity contribution in [1.29, 1.82) is 5.26 Å². The zero-order valence-corrected chi connectivity index (χ0v) is 10.9. The van der Waals surface area contributed by atoms with Crippen LogP contribution in [-0.2, 0) is 0 Å². The molecule has 0 bridgehead atoms. The summed E-state index contributed by atoms with van der Waals surface area (Å²) in [5.74, 6) is 0.754. The van der Waals surface area contributed by atoms with Crippen LogP contribution in [-0.4, -0.2) is 54.3 Å². The Hall–Kier alpha value is -1.84. The third-order valence-electron chi connectivity index (χ3n) is 3.33. The standard InChI is InChI=1S/C13H19N5O/c14-9-11-8-12(15)13(16-10-11)18-3-1-2-17(4-5-18)6-7-19/h8,10,19H,1-7,15H2. The Morgan fingerprint density at radius 2 is 2.21 bits per heavy atom. The zero-order chi connectivity index (χ0) is 13.7. The van der Waals surface area contributed by atoms with Crippen LogP contribution in [0.5, 0.6) is 0 Å². The maximum absolute atomic E-state index is 8.98. The van der Waals surface area contributed by atoms with Gasteiger partial charge in [0.05, 0.1) is 17.9 Å². The number of nitrogens with zero attached hydrogens (tertiary/aromatic N) is 4. The van der Waals surface area contributed by atoms with Crippen molar-refractivity contribution in [3.63, 3.8) is 0 Å². The van der Waals surface area contributed by atoms with Crippen LogP contribution in [0.4, 0.5) is 11.5 Å². The molecule has 1 fully saturated rings. The van der Waals surface area contributed by atoms with Crippen LogP contribution in [0.2, 0.25) is 0 Å². The number of aliphatic hydroxyl groups is 1. The van der Waals surface area contributed by atoms with Gasteiger partial charge < -0.3 is 15.7 Å². The number of nitrogens with two attached hydrogens (primary N) is 1. The van der Waals surface area contributed by atoms with Gasteiger partial charge in [0.2, 0.25) is 0 Å². The summed E-state index contributed by atoms with van der Waals surface area (Å²) < 4.78 is 0. The van der Waals surface area contributed by atoms with E-state index in [1.807, 2.05) is 6.07 Å². The van der Waals surface area contributed by atoms with Gasteiger partial charge in [0.15, 0.2) is 5.82 Å². The normalized spacial score (nSPS) is 16.9. The van der Waals surface area contributed by atoms with Crippen molar-refractivity contribution in [3.8, 4) is 6.07 Å². The number of rotatable bonds is 3. The van der Waals surface area contributed by atoms with E-state index in [2.05, 4.69) is 14.8 Å². The van der Waals surface area contributed by atoms with Crippen molar-refractivity contribution in [2.75, 3.05) is 50.0 Å². The lowest BCUT2D eigenvalue weighted by Gasteiger charge is -2.23. The number of nitriles is 1. The Bertz CT molecular complexity index is 471. The molecule has 0 atom stereocenters. The maximum Gasteiger partial charge on any atom is 0.151 e. The second-order valence-electron chi connectivity index (χ2n) is 4.65. The summed E-state index contributed by atoms with van der Waals surface area (Å²) >= 11 is 0. The number of β-amino-alcohol motifs (C(OH)–C–C–N with tert-alkyl or cyclic N) is 1. The fourth-order valence-electron chi connectivity index (χ4n) is 2.35. The van der Waals surface area contributed by atoms with E-state index in [0.717, 1.165) is 38.4 Å². The van der Waals surface area contributed by atoms with E-state index < -0.39 is 0 Å². The average molecular weight is 261 g/mol. The van der Waals surface area contributed by atoms with Crippen molar-refractivity contribution in [1.82, 2.24) is 9.88 Å². The van der Waals surface area contributed by atoms with Crippen LogP contribution in [0.25, 0.3) is 0 Å². The molecule has 0 radical (unpaired) electrons. The minimum atomic E-state index is 0.192. The van der Waals surface area contributed by atoms with Gasteiger partial charge in [0, 0.05) is 32.4 Å². The molecular weight excluding hydrogens is 242 g/mol. The largest absolute Gasteiger partial charge is 0.396 e. The van der Waals surface area contributed by atoms with Gasteiger partial charge in [-0.2, -0.15) is 5.26 Å². The summed E-state index contributed by atoms with van der Waals surface area (Å²) in [5, 5.41) is 17.8. The molecule has 2 heterocycles. The lowest BCUT2D eigenvalue weighted by atomic mass is 10.2. The highest BCUT2D eigenvalue weighted by atomic mass is 16.3. The van der Waals surface area contributed by atoms with Gasteiger partial charge in [-0.3, -0.25) is 4.90 Å². The van der Waals surface area contributed by atoms with E-state index in [1.165, 1.54) is 0 Å². The molecule has 19 heavy (non-hydrogen) atoms. The number of aliphatic hydroxyl groups excluding tert-OH is 1. The number of hydrogen-bond donors (Lipinski definition) is 2. The van der Waals surface area contributed by atoms with Crippen LogP contribution >= 0.6 is 0 Å². The first kappa shape index (κ1) is 13.6. The molecule has 0 unspecified atom stereocenters. The van der Waals surface area contributed by atoms with Crippen molar-refractivity contribution < 1.29 is 5.11 Å². The van der Waals surface area contributed by atoms with Gasteiger partial charge in [0.1, 0.15) is 6.07 Å². The number of aromatic nitrogens is 1. The van der Waals surface area contributed by atoms with E-state index in [-0.39, 0.29) is 6.61 Å². The van der Waals surface area contributed by atoms with Crippen molar-refractivity contribution in [2.24, 2.45) is 0 Å². The summed E-state index contributed by atoms with van der Waals surface area (Å²) in [6.07, 6.45) is 2.57. The molecule has 1 saturated heterocycles. The Morgan fingerprint density at radius 1 is 1.37 bits per heavy atom. The minimum Gasteiger partial charge on any atom is -0.396 e. The fraction of sp³-hybridized carbons (Fsp3) is 0.538. The predicted octanol–water partition coefficient (Wildman–Crippen LogP) is 0.0399. The Labute approximate surface area is 113 Å². The summed E-state index contributed by atoms with van der Waals surface area (Å²) in [4.78, 5) is 8.68. The van der Waals surface area contributed by atoms with Gasteiger partial charge in [-0.25, -0.2) is 4.98 Å². The van der Waals surface area contributed by atoms with Gasteiger partial charge >= 0.3 is 0 Å². The highest BCUT2D eigenvalue weighted by Crippen LogP contribution is 2.22. The second kappa shape index (κ2) is 6.36. The van der Waals surface area contributed by atoms with E-state index in [4.69, 9.17) is 16.1 Å². The second-order valence-corrected chi connectivity index (χ2v) is 4.65. The molecular formula is C13H19N5O. The summed E-state index contributed by atoms with van der Waals surface area (Å²) in [7, 11) is 0. The SMILES string of the molecule is N#Cc1cnc(N2CCCN(CCO)CC2)c(N)c1. The highest BCUT2D eigenvalue weighted by Gasteiger charge is 2.17. The Morgan fingerprint density at radius 3 is 2.89 bits per heavy atom. The quantitative estimate of drug-likeness (QED) is 0.798. The molecule has 1 aromatic rings. The van der Waals surface area contributed by atoms with Crippen molar-refractivity contribution >= 4 is 11.5 Å². The van der Waals surface area contributed by atoms with Gasteiger partial charge in [-0.1, -0.05) is 0 Å². The number of nitrogen functional groups attached to an aromatic ring is 1. The lowest BCUT2D eigenvalue weighted by Crippen LogP contribution is -2.33. The van der Waals surface area contributed by atoms with Gasteiger partial charge in [0.25, 0.3) is 0 Å². The third kappa shape index (κ3) is 3.34. The van der Waals surface area contributed by atoms with E-state index >= 15 is 0 Å². The van der Waals surface area contributed by atoms with E-state index in [9.17, 15) is 0 Å². The summed E-state index contributed by atoms with van der Waals surface area (Å²) in [5.41, 5.74) is 7.00. The Balaban J connectivity index is 2.08. The summed E-state index contributed by atoms with van der Waals surface area (Å²) in [6.45, 7) is 4.50. The monoisotopic (exact) mass is 261 g/mol. The number of hydrogen-bond acceptors (Lipinski definition) is 6. The molecule has 3 N–H and O–H groups in total. The van der Waals surface area contributed by atoms with Crippen molar-refractivity contribution in [3.05, 3.63) is 17.8 Å². The van der Waals surface area contributed by atoms with Crippen LogP contribution in [0.3, 0.4) is 0 Å². The topological polar surface area (TPSA) is 89.4 Å². The predicted molar refractivity (Wildman–Crippen MR) is 73.7 cm³/mol. The average Bonchev–Trinajstić information content (AvgIpc) is 2.65. The van der Waals surface area contributed by atoms with Gasteiger partial charge in [-0.15, -0.1) is 0 Å². The van der Waals surface area contributed by atoms with Crippen LogP contribution in [0.1, 0.15) is 12.0 Å². The molecule has 6 nitrogen and oxygen atoms in total. The third-order valence-corrected chi connectivity index (χ3v) is 3.33. The molecule has 102 valence electrons. The minimum absolute atomic E-state index is 0.192. The van der Waals surface area contributed by atoms with Crippen LogP contribution in [0.15, 0.2) is 12.3 Å². The molecule has 1 aliphatic rings.